The lowest BCUT2D eigenvalue weighted by molar-refractivity contribution is 0.293. The van der Waals surface area contributed by atoms with Crippen LogP contribution in [0, 0.1) is 0 Å². The molecule has 0 spiro atoms. The maximum Gasteiger partial charge on any atom is 0.235 e. The number of halogens is 2. The number of hydrogen-bond acceptors (Lipinski definition) is 5. The Balaban J connectivity index is 1.59. The monoisotopic (exact) mass is 376 g/mol. The summed E-state index contributed by atoms with van der Waals surface area (Å²) >= 11 is 13.4. The Morgan fingerprint density at radius 3 is 2.62 bits per heavy atom. The van der Waals surface area contributed by atoms with Crippen LogP contribution in [-0.4, -0.2) is 19.8 Å². The van der Waals surface area contributed by atoms with Gasteiger partial charge in [-0.15, -0.1) is 10.2 Å². The number of nitrogens with zero attached hydrogens (tertiary/aromatic N) is 4. The Kier molecular flexibility index (Phi) is 4.10. The van der Waals surface area contributed by atoms with E-state index < -0.39 is 0 Å². The largest absolute Gasteiger partial charge is 0.486 e. The van der Waals surface area contributed by atoms with E-state index in [9.17, 15) is 0 Å². The first-order chi connectivity index (χ1) is 11.7. The van der Waals surface area contributed by atoms with Crippen LogP contribution in [0.25, 0.3) is 15.5 Å². The fourth-order valence-electron chi connectivity index (χ4n) is 2.16. The van der Waals surface area contributed by atoms with E-state index in [1.807, 2.05) is 24.3 Å². The molecule has 0 unspecified atom stereocenters. The van der Waals surface area contributed by atoms with Crippen molar-refractivity contribution in [2.24, 2.45) is 0 Å². The fraction of sp³-hybridized carbons (Fsp3) is 0.0625. The molecule has 120 valence electrons. The van der Waals surface area contributed by atoms with Gasteiger partial charge < -0.3 is 4.74 Å². The van der Waals surface area contributed by atoms with Crippen molar-refractivity contribution >= 4 is 39.5 Å². The number of hydrogen-bond donors (Lipinski definition) is 0. The average Bonchev–Trinajstić information content (AvgIpc) is 3.15. The second-order valence-corrected chi connectivity index (χ2v) is 6.80. The van der Waals surface area contributed by atoms with Crippen molar-refractivity contribution in [3.8, 4) is 16.3 Å². The second-order valence-electron chi connectivity index (χ2n) is 4.97. The van der Waals surface area contributed by atoms with Crippen molar-refractivity contribution in [1.82, 2.24) is 19.8 Å². The van der Waals surface area contributed by atoms with Gasteiger partial charge in [0.25, 0.3) is 0 Å². The SMILES string of the molecule is Clc1ccc(OCc2nnc3sc(-c4cccc(Cl)c4)nn23)cc1. The third-order valence-electron chi connectivity index (χ3n) is 3.31. The molecule has 0 aliphatic carbocycles. The van der Waals surface area contributed by atoms with Gasteiger partial charge in [0.05, 0.1) is 0 Å². The van der Waals surface area contributed by atoms with Gasteiger partial charge in [0.2, 0.25) is 4.96 Å². The fourth-order valence-corrected chi connectivity index (χ4v) is 3.34. The molecule has 0 radical (unpaired) electrons. The molecule has 0 N–H and O–H groups in total. The van der Waals surface area contributed by atoms with E-state index in [2.05, 4.69) is 15.3 Å². The van der Waals surface area contributed by atoms with Crippen LogP contribution >= 0.6 is 34.5 Å². The lowest BCUT2D eigenvalue weighted by Crippen LogP contribution is -2.02. The summed E-state index contributed by atoms with van der Waals surface area (Å²) in [5, 5.41) is 15.0. The molecule has 4 rings (SSSR count). The summed E-state index contributed by atoms with van der Waals surface area (Å²) < 4.78 is 7.40. The third kappa shape index (κ3) is 3.08. The summed E-state index contributed by atoms with van der Waals surface area (Å²) in [6.07, 6.45) is 0. The molecule has 5 nitrogen and oxygen atoms in total. The molecular formula is C16H10Cl2N4OS. The lowest BCUT2D eigenvalue weighted by atomic mass is 10.2. The summed E-state index contributed by atoms with van der Waals surface area (Å²) in [5.41, 5.74) is 0.947. The minimum absolute atomic E-state index is 0.265. The van der Waals surface area contributed by atoms with Gasteiger partial charge in [-0.25, -0.2) is 0 Å². The van der Waals surface area contributed by atoms with Crippen LogP contribution in [0.4, 0.5) is 0 Å². The van der Waals surface area contributed by atoms with Crippen LogP contribution in [-0.2, 0) is 6.61 Å². The molecule has 0 bridgehead atoms. The Morgan fingerprint density at radius 1 is 1.00 bits per heavy atom. The van der Waals surface area contributed by atoms with E-state index in [4.69, 9.17) is 27.9 Å². The molecule has 0 saturated heterocycles. The molecule has 2 aromatic heterocycles. The first kappa shape index (κ1) is 15.4. The first-order valence-corrected chi connectivity index (χ1v) is 8.62. The molecule has 0 aliphatic rings. The average molecular weight is 377 g/mol. The highest BCUT2D eigenvalue weighted by atomic mass is 35.5. The molecule has 0 saturated carbocycles. The molecule has 0 aliphatic heterocycles. The highest BCUT2D eigenvalue weighted by molar-refractivity contribution is 7.19. The zero-order chi connectivity index (χ0) is 16.5. The Bertz CT molecular complexity index is 997. The molecule has 2 aromatic carbocycles. The molecule has 0 fully saturated rings. The van der Waals surface area contributed by atoms with Crippen molar-refractivity contribution < 1.29 is 4.74 Å². The van der Waals surface area contributed by atoms with Crippen molar-refractivity contribution in [2.75, 3.05) is 0 Å². The molecule has 24 heavy (non-hydrogen) atoms. The zero-order valence-corrected chi connectivity index (χ0v) is 14.5. The van der Waals surface area contributed by atoms with E-state index in [0.717, 1.165) is 10.6 Å². The summed E-state index contributed by atoms with van der Waals surface area (Å²) in [6.45, 7) is 0.265. The van der Waals surface area contributed by atoms with Gasteiger partial charge in [-0.3, -0.25) is 0 Å². The number of fused-ring (bicyclic) bond motifs is 1. The van der Waals surface area contributed by atoms with E-state index >= 15 is 0 Å². The molecule has 0 atom stereocenters. The standard InChI is InChI=1S/C16H10Cl2N4OS/c17-11-4-6-13(7-5-11)23-9-14-19-20-16-22(14)21-15(24-16)10-2-1-3-12(18)8-10/h1-8H,9H2. The number of benzene rings is 2. The van der Waals surface area contributed by atoms with Crippen LogP contribution in [0.5, 0.6) is 5.75 Å². The third-order valence-corrected chi connectivity index (χ3v) is 4.74. The van der Waals surface area contributed by atoms with Crippen LogP contribution < -0.4 is 4.74 Å². The quantitative estimate of drug-likeness (QED) is 0.516. The van der Waals surface area contributed by atoms with E-state index in [1.54, 1.807) is 28.8 Å². The maximum atomic E-state index is 6.04. The van der Waals surface area contributed by atoms with Crippen LogP contribution in [0.2, 0.25) is 10.0 Å². The number of ether oxygens (including phenoxy) is 1. The summed E-state index contributed by atoms with van der Waals surface area (Å²) in [5.74, 6) is 1.34. The van der Waals surface area contributed by atoms with Crippen molar-refractivity contribution in [3.05, 3.63) is 64.4 Å². The minimum atomic E-state index is 0.265. The lowest BCUT2D eigenvalue weighted by Gasteiger charge is -2.03. The van der Waals surface area contributed by atoms with Gasteiger partial charge in [-0.1, -0.05) is 46.7 Å². The van der Waals surface area contributed by atoms with Gasteiger partial charge in [-0.05, 0) is 36.4 Å². The van der Waals surface area contributed by atoms with Crippen LogP contribution in [0.15, 0.2) is 48.5 Å². The van der Waals surface area contributed by atoms with Gasteiger partial charge in [-0.2, -0.15) is 9.61 Å². The molecule has 4 aromatic rings. The Labute approximate surface area is 151 Å². The van der Waals surface area contributed by atoms with Crippen LogP contribution in [0.3, 0.4) is 0 Å². The topological polar surface area (TPSA) is 52.3 Å². The van der Waals surface area contributed by atoms with E-state index in [0.29, 0.717) is 26.6 Å². The molecule has 2 heterocycles. The second kappa shape index (κ2) is 6.39. The molecule has 0 amide bonds. The normalized spacial score (nSPS) is 11.1. The predicted molar refractivity (Wildman–Crippen MR) is 94.9 cm³/mol. The minimum Gasteiger partial charge on any atom is -0.486 e. The number of aromatic nitrogens is 4. The Hall–Kier alpha value is -2.15. The summed E-state index contributed by atoms with van der Waals surface area (Å²) in [7, 11) is 0. The zero-order valence-electron chi connectivity index (χ0n) is 12.2. The van der Waals surface area contributed by atoms with E-state index in [-0.39, 0.29) is 6.61 Å². The number of rotatable bonds is 4. The first-order valence-electron chi connectivity index (χ1n) is 7.04. The van der Waals surface area contributed by atoms with Gasteiger partial charge in [0, 0.05) is 15.6 Å². The van der Waals surface area contributed by atoms with Gasteiger partial charge in [0.1, 0.15) is 17.4 Å². The van der Waals surface area contributed by atoms with Crippen molar-refractivity contribution in [3.63, 3.8) is 0 Å². The highest BCUT2D eigenvalue weighted by Gasteiger charge is 2.13. The molecular weight excluding hydrogens is 367 g/mol. The predicted octanol–water partition coefficient (Wildman–Crippen LogP) is 4.74. The van der Waals surface area contributed by atoms with Gasteiger partial charge >= 0.3 is 0 Å². The smallest absolute Gasteiger partial charge is 0.235 e. The van der Waals surface area contributed by atoms with Gasteiger partial charge in [0.15, 0.2) is 5.82 Å². The molecule has 8 heteroatoms. The maximum absolute atomic E-state index is 6.04. The van der Waals surface area contributed by atoms with Crippen LogP contribution in [0.1, 0.15) is 5.82 Å². The summed E-state index contributed by atoms with van der Waals surface area (Å²) in [6, 6.07) is 14.7. The summed E-state index contributed by atoms with van der Waals surface area (Å²) in [4.78, 5) is 0.708. The van der Waals surface area contributed by atoms with E-state index in [1.165, 1.54) is 11.3 Å². The highest BCUT2D eigenvalue weighted by Crippen LogP contribution is 2.27. The van der Waals surface area contributed by atoms with Crippen molar-refractivity contribution in [2.45, 2.75) is 6.61 Å². The Morgan fingerprint density at radius 2 is 1.83 bits per heavy atom. The van der Waals surface area contributed by atoms with Crippen molar-refractivity contribution in [1.29, 1.82) is 0 Å².